The predicted molar refractivity (Wildman–Crippen MR) is 57.3 cm³/mol. The summed E-state index contributed by atoms with van der Waals surface area (Å²) in [6.07, 6.45) is 0.755. The number of benzene rings is 1. The molecule has 1 rings (SSSR count). The monoisotopic (exact) mass is 206 g/mol. The van der Waals surface area contributed by atoms with Crippen molar-refractivity contribution in [2.24, 2.45) is 0 Å². The molecule has 0 heterocycles. The van der Waals surface area contributed by atoms with E-state index in [0.29, 0.717) is 17.7 Å². The standard InChI is InChI=1S/C12H14O3/c1-4-15-12(14)10-5-8(2)9(3)11(6-10)7-13/h5-7H,4H2,1-3H3. The predicted octanol–water partition coefficient (Wildman–Crippen LogP) is 2.29. The SMILES string of the molecule is CCOC(=O)c1cc(C)c(C)c(C=O)c1. The summed E-state index contributed by atoms with van der Waals surface area (Å²) < 4.78 is 4.87. The van der Waals surface area contributed by atoms with Crippen LogP contribution in [0.4, 0.5) is 0 Å². The Morgan fingerprint density at radius 2 is 2.07 bits per heavy atom. The Balaban J connectivity index is 3.16. The minimum Gasteiger partial charge on any atom is -0.462 e. The van der Waals surface area contributed by atoms with Gasteiger partial charge in [-0.3, -0.25) is 4.79 Å². The number of hydrogen-bond donors (Lipinski definition) is 0. The summed E-state index contributed by atoms with van der Waals surface area (Å²) in [5.74, 6) is -0.385. The van der Waals surface area contributed by atoms with E-state index in [1.807, 2.05) is 13.8 Å². The first-order chi connectivity index (χ1) is 7.10. The fourth-order valence-electron chi connectivity index (χ4n) is 1.34. The third-order valence-corrected chi connectivity index (χ3v) is 2.35. The van der Waals surface area contributed by atoms with Gasteiger partial charge in [0.05, 0.1) is 12.2 Å². The molecule has 3 nitrogen and oxygen atoms in total. The van der Waals surface area contributed by atoms with Crippen LogP contribution in [0.1, 0.15) is 38.8 Å². The number of carbonyl (C=O) groups is 2. The van der Waals surface area contributed by atoms with Crippen LogP contribution in [0.3, 0.4) is 0 Å². The first-order valence-electron chi connectivity index (χ1n) is 4.83. The van der Waals surface area contributed by atoms with Gasteiger partial charge in [0, 0.05) is 5.56 Å². The summed E-state index contributed by atoms with van der Waals surface area (Å²) >= 11 is 0. The summed E-state index contributed by atoms with van der Waals surface area (Å²) in [7, 11) is 0. The number of hydrogen-bond acceptors (Lipinski definition) is 3. The molecular formula is C12H14O3. The van der Waals surface area contributed by atoms with Crippen molar-refractivity contribution in [3.63, 3.8) is 0 Å². The quantitative estimate of drug-likeness (QED) is 0.563. The highest BCUT2D eigenvalue weighted by atomic mass is 16.5. The molecule has 3 heteroatoms. The van der Waals surface area contributed by atoms with Crippen LogP contribution in [0.25, 0.3) is 0 Å². The van der Waals surface area contributed by atoms with Gasteiger partial charge in [0.2, 0.25) is 0 Å². The summed E-state index contributed by atoms with van der Waals surface area (Å²) in [6.45, 7) is 5.81. The molecule has 0 saturated heterocycles. The Morgan fingerprint density at radius 3 is 2.60 bits per heavy atom. The molecule has 1 aromatic rings. The molecule has 0 aliphatic rings. The van der Waals surface area contributed by atoms with Gasteiger partial charge in [0.1, 0.15) is 6.29 Å². The minimum absolute atomic E-state index is 0.335. The summed E-state index contributed by atoms with van der Waals surface area (Å²) in [5, 5.41) is 0. The zero-order valence-corrected chi connectivity index (χ0v) is 9.16. The molecule has 15 heavy (non-hydrogen) atoms. The van der Waals surface area contributed by atoms with Crippen LogP contribution < -0.4 is 0 Å². The van der Waals surface area contributed by atoms with Crippen molar-refractivity contribution in [1.82, 2.24) is 0 Å². The van der Waals surface area contributed by atoms with E-state index < -0.39 is 0 Å². The molecule has 0 N–H and O–H groups in total. The molecule has 0 unspecified atom stereocenters. The van der Waals surface area contributed by atoms with Gasteiger partial charge in [-0.2, -0.15) is 0 Å². The van der Waals surface area contributed by atoms with E-state index >= 15 is 0 Å². The van der Waals surface area contributed by atoms with Gasteiger partial charge in [-0.1, -0.05) is 0 Å². The molecule has 1 aromatic carbocycles. The van der Waals surface area contributed by atoms with E-state index in [0.717, 1.165) is 17.4 Å². The van der Waals surface area contributed by atoms with Gasteiger partial charge >= 0.3 is 5.97 Å². The molecule has 0 aliphatic heterocycles. The van der Waals surface area contributed by atoms with Gasteiger partial charge < -0.3 is 4.74 Å². The Kier molecular flexibility index (Phi) is 3.61. The van der Waals surface area contributed by atoms with E-state index in [9.17, 15) is 9.59 Å². The third-order valence-electron chi connectivity index (χ3n) is 2.35. The summed E-state index contributed by atoms with van der Waals surface area (Å²) in [5.41, 5.74) is 2.79. The van der Waals surface area contributed by atoms with E-state index in [1.165, 1.54) is 0 Å². The van der Waals surface area contributed by atoms with Crippen molar-refractivity contribution in [1.29, 1.82) is 0 Å². The van der Waals surface area contributed by atoms with Crippen LogP contribution in [-0.2, 0) is 4.74 Å². The smallest absolute Gasteiger partial charge is 0.338 e. The van der Waals surface area contributed by atoms with Gasteiger partial charge in [-0.05, 0) is 44.0 Å². The number of aryl methyl sites for hydroxylation is 1. The second-order valence-electron chi connectivity index (χ2n) is 3.35. The first kappa shape index (κ1) is 11.4. The van der Waals surface area contributed by atoms with Gasteiger partial charge in [-0.25, -0.2) is 4.79 Å². The number of rotatable bonds is 3. The Morgan fingerprint density at radius 1 is 1.40 bits per heavy atom. The highest BCUT2D eigenvalue weighted by Crippen LogP contribution is 2.15. The number of carbonyl (C=O) groups excluding carboxylic acids is 2. The van der Waals surface area contributed by atoms with E-state index in [2.05, 4.69) is 0 Å². The fourth-order valence-corrected chi connectivity index (χ4v) is 1.34. The molecule has 0 amide bonds. The van der Waals surface area contributed by atoms with E-state index in [-0.39, 0.29) is 5.97 Å². The van der Waals surface area contributed by atoms with Crippen LogP contribution >= 0.6 is 0 Å². The Hall–Kier alpha value is -1.64. The molecule has 0 aliphatic carbocycles. The molecule has 0 atom stereocenters. The van der Waals surface area contributed by atoms with Crippen LogP contribution in [0.2, 0.25) is 0 Å². The molecule has 80 valence electrons. The summed E-state index contributed by atoms with van der Waals surface area (Å²) in [6, 6.07) is 3.30. The normalized spacial score (nSPS) is 9.80. The fraction of sp³-hybridized carbons (Fsp3) is 0.333. The van der Waals surface area contributed by atoms with Crippen LogP contribution in [-0.4, -0.2) is 18.9 Å². The highest BCUT2D eigenvalue weighted by molar-refractivity contribution is 5.92. The van der Waals surface area contributed by atoms with Crippen LogP contribution in [0, 0.1) is 13.8 Å². The van der Waals surface area contributed by atoms with Crippen molar-refractivity contribution in [3.8, 4) is 0 Å². The molecule has 0 radical (unpaired) electrons. The second-order valence-corrected chi connectivity index (χ2v) is 3.35. The van der Waals surface area contributed by atoms with Crippen molar-refractivity contribution >= 4 is 12.3 Å². The lowest BCUT2D eigenvalue weighted by molar-refractivity contribution is 0.0526. The highest BCUT2D eigenvalue weighted by Gasteiger charge is 2.10. The Labute approximate surface area is 89.1 Å². The lowest BCUT2D eigenvalue weighted by Crippen LogP contribution is -2.06. The average molecular weight is 206 g/mol. The maximum atomic E-state index is 11.4. The van der Waals surface area contributed by atoms with E-state index in [4.69, 9.17) is 4.74 Å². The average Bonchev–Trinajstić information content (AvgIpc) is 2.22. The van der Waals surface area contributed by atoms with Crippen LogP contribution in [0.5, 0.6) is 0 Å². The second kappa shape index (κ2) is 4.73. The zero-order valence-electron chi connectivity index (χ0n) is 9.16. The van der Waals surface area contributed by atoms with E-state index in [1.54, 1.807) is 19.1 Å². The molecule has 0 aromatic heterocycles. The minimum atomic E-state index is -0.385. The first-order valence-corrected chi connectivity index (χ1v) is 4.83. The molecular weight excluding hydrogens is 192 g/mol. The molecule has 0 fully saturated rings. The van der Waals surface area contributed by atoms with Gasteiger partial charge in [-0.15, -0.1) is 0 Å². The topological polar surface area (TPSA) is 43.4 Å². The summed E-state index contributed by atoms with van der Waals surface area (Å²) in [4.78, 5) is 22.2. The maximum Gasteiger partial charge on any atom is 0.338 e. The number of aldehydes is 1. The van der Waals surface area contributed by atoms with Gasteiger partial charge in [0.25, 0.3) is 0 Å². The Bertz CT molecular complexity index is 394. The molecule has 0 saturated carbocycles. The third kappa shape index (κ3) is 2.43. The van der Waals surface area contributed by atoms with Crippen molar-refractivity contribution in [2.75, 3.05) is 6.61 Å². The van der Waals surface area contributed by atoms with Crippen LogP contribution in [0.15, 0.2) is 12.1 Å². The molecule has 0 spiro atoms. The zero-order chi connectivity index (χ0) is 11.4. The number of esters is 1. The largest absolute Gasteiger partial charge is 0.462 e. The van der Waals surface area contributed by atoms with Gasteiger partial charge in [0.15, 0.2) is 0 Å². The van der Waals surface area contributed by atoms with Crippen molar-refractivity contribution < 1.29 is 14.3 Å². The van der Waals surface area contributed by atoms with Crippen molar-refractivity contribution in [3.05, 3.63) is 34.4 Å². The van der Waals surface area contributed by atoms with Crippen molar-refractivity contribution in [2.45, 2.75) is 20.8 Å². The maximum absolute atomic E-state index is 11.4. The number of ether oxygens (including phenoxy) is 1. The lowest BCUT2D eigenvalue weighted by atomic mass is 10.0. The molecule has 0 bridgehead atoms. The lowest BCUT2D eigenvalue weighted by Gasteiger charge is -2.07.